The summed E-state index contributed by atoms with van der Waals surface area (Å²) in [7, 11) is 1.68. The number of hydrogen-bond donors (Lipinski definition) is 1. The van der Waals surface area contributed by atoms with Gasteiger partial charge < -0.3 is 10.5 Å². The van der Waals surface area contributed by atoms with Crippen molar-refractivity contribution in [3.8, 4) is 5.75 Å². The minimum Gasteiger partial charge on any atom is -0.496 e. The van der Waals surface area contributed by atoms with Crippen LogP contribution in [0.15, 0.2) is 22.7 Å². The fraction of sp³-hybridized carbons (Fsp3) is 0.600. The van der Waals surface area contributed by atoms with Crippen molar-refractivity contribution < 1.29 is 4.74 Å². The zero-order valence-corrected chi connectivity index (χ0v) is 12.8. The van der Waals surface area contributed by atoms with E-state index in [1.54, 1.807) is 7.11 Å². The number of benzene rings is 1. The Hall–Kier alpha value is -0.540. The molecule has 1 aliphatic carbocycles. The van der Waals surface area contributed by atoms with Gasteiger partial charge in [0, 0.05) is 6.04 Å². The highest BCUT2D eigenvalue weighted by atomic mass is 79.9. The third kappa shape index (κ3) is 2.72. The Morgan fingerprint density at radius 3 is 2.50 bits per heavy atom. The Balaban J connectivity index is 2.22. The summed E-state index contributed by atoms with van der Waals surface area (Å²) >= 11 is 3.54. The summed E-state index contributed by atoms with van der Waals surface area (Å²) in [5, 5.41) is 0. The molecule has 2 N–H and O–H groups in total. The van der Waals surface area contributed by atoms with Crippen LogP contribution < -0.4 is 10.5 Å². The molecule has 1 aliphatic rings. The van der Waals surface area contributed by atoms with Crippen LogP contribution in [0, 0.1) is 5.41 Å². The minimum absolute atomic E-state index is 0.111. The van der Waals surface area contributed by atoms with E-state index in [4.69, 9.17) is 10.5 Å². The summed E-state index contributed by atoms with van der Waals surface area (Å²) in [4.78, 5) is 0. The highest BCUT2D eigenvalue weighted by Crippen LogP contribution is 2.45. The fourth-order valence-electron chi connectivity index (χ4n) is 2.95. The molecule has 0 heterocycles. The Kier molecular flexibility index (Phi) is 4.33. The number of nitrogens with two attached hydrogens (primary N) is 1. The van der Waals surface area contributed by atoms with Gasteiger partial charge in [0.15, 0.2) is 0 Å². The minimum atomic E-state index is 0.111. The lowest BCUT2D eigenvalue weighted by atomic mass is 9.69. The maximum absolute atomic E-state index is 6.50. The molecule has 18 heavy (non-hydrogen) atoms. The number of methoxy groups -OCH3 is 1. The first kappa shape index (κ1) is 13.9. The van der Waals surface area contributed by atoms with E-state index in [0.29, 0.717) is 0 Å². The predicted molar refractivity (Wildman–Crippen MR) is 78.8 cm³/mol. The second-order valence-electron chi connectivity index (χ2n) is 5.59. The monoisotopic (exact) mass is 311 g/mol. The standard InChI is InChI=1S/C15H22BrNO/c1-15(8-4-3-5-9-15)14(17)11-6-7-13(18-2)12(16)10-11/h6-7,10,14H,3-5,8-9,17H2,1-2H3. The van der Waals surface area contributed by atoms with Gasteiger partial charge in [-0.2, -0.15) is 0 Å². The third-order valence-electron chi connectivity index (χ3n) is 4.28. The molecular formula is C15H22BrNO. The number of rotatable bonds is 3. The van der Waals surface area contributed by atoms with Crippen LogP contribution >= 0.6 is 15.9 Å². The Bertz CT molecular complexity index is 413. The lowest BCUT2D eigenvalue weighted by Crippen LogP contribution is -2.33. The Labute approximate surface area is 118 Å². The van der Waals surface area contributed by atoms with Crippen molar-refractivity contribution >= 4 is 15.9 Å². The average Bonchev–Trinajstić information content (AvgIpc) is 2.38. The molecule has 2 nitrogen and oxygen atoms in total. The molecule has 1 atom stereocenters. The van der Waals surface area contributed by atoms with Crippen molar-refractivity contribution in [1.29, 1.82) is 0 Å². The number of hydrogen-bond acceptors (Lipinski definition) is 2. The zero-order chi connectivity index (χ0) is 13.2. The quantitative estimate of drug-likeness (QED) is 0.896. The lowest BCUT2D eigenvalue weighted by Gasteiger charge is -2.39. The van der Waals surface area contributed by atoms with Crippen LogP contribution in [-0.2, 0) is 0 Å². The molecule has 3 heteroatoms. The van der Waals surface area contributed by atoms with Crippen molar-refractivity contribution in [1.82, 2.24) is 0 Å². The van der Waals surface area contributed by atoms with Crippen LogP contribution in [0.25, 0.3) is 0 Å². The first-order valence-corrected chi connectivity index (χ1v) is 7.45. The second kappa shape index (κ2) is 5.62. The van der Waals surface area contributed by atoms with Crippen molar-refractivity contribution in [3.63, 3.8) is 0 Å². The first-order chi connectivity index (χ1) is 8.57. The molecule has 1 fully saturated rings. The molecule has 0 saturated heterocycles. The van der Waals surface area contributed by atoms with E-state index in [2.05, 4.69) is 35.0 Å². The largest absolute Gasteiger partial charge is 0.496 e. The molecule has 1 aromatic carbocycles. The topological polar surface area (TPSA) is 35.2 Å². The van der Waals surface area contributed by atoms with E-state index in [1.807, 2.05) is 6.07 Å². The van der Waals surface area contributed by atoms with Crippen LogP contribution in [0.5, 0.6) is 5.75 Å². The molecular weight excluding hydrogens is 290 g/mol. The Morgan fingerprint density at radius 1 is 1.28 bits per heavy atom. The van der Waals surface area contributed by atoms with E-state index >= 15 is 0 Å². The van der Waals surface area contributed by atoms with Gasteiger partial charge in [0.1, 0.15) is 5.75 Å². The molecule has 100 valence electrons. The van der Waals surface area contributed by atoms with Crippen molar-refractivity contribution in [2.75, 3.05) is 7.11 Å². The molecule has 0 aliphatic heterocycles. The summed E-state index contributed by atoms with van der Waals surface area (Å²) in [6.45, 7) is 2.33. The molecule has 0 spiro atoms. The summed E-state index contributed by atoms with van der Waals surface area (Å²) in [5.41, 5.74) is 7.95. The van der Waals surface area contributed by atoms with Gasteiger partial charge in [0.2, 0.25) is 0 Å². The van der Waals surface area contributed by atoms with Gasteiger partial charge in [-0.3, -0.25) is 0 Å². The number of halogens is 1. The van der Waals surface area contributed by atoms with E-state index in [0.717, 1.165) is 10.2 Å². The molecule has 1 unspecified atom stereocenters. The van der Waals surface area contributed by atoms with Gasteiger partial charge >= 0.3 is 0 Å². The molecule has 0 bridgehead atoms. The van der Waals surface area contributed by atoms with Crippen molar-refractivity contribution in [2.45, 2.75) is 45.1 Å². The molecule has 0 radical (unpaired) electrons. The Morgan fingerprint density at radius 2 is 1.94 bits per heavy atom. The van der Waals surface area contributed by atoms with Gasteiger partial charge in [0.05, 0.1) is 11.6 Å². The maximum Gasteiger partial charge on any atom is 0.133 e. The van der Waals surface area contributed by atoms with Crippen LogP contribution in [0.4, 0.5) is 0 Å². The summed E-state index contributed by atoms with van der Waals surface area (Å²) in [6, 6.07) is 6.29. The SMILES string of the molecule is COc1ccc(C(N)C2(C)CCCCC2)cc1Br. The van der Waals surface area contributed by atoms with E-state index in [9.17, 15) is 0 Å². The highest BCUT2D eigenvalue weighted by Gasteiger charge is 2.34. The van der Waals surface area contributed by atoms with Gasteiger partial charge in [-0.1, -0.05) is 32.3 Å². The predicted octanol–water partition coefficient (Wildman–Crippen LogP) is 4.43. The van der Waals surface area contributed by atoms with Gasteiger partial charge in [-0.25, -0.2) is 0 Å². The average molecular weight is 312 g/mol. The van der Waals surface area contributed by atoms with E-state index < -0.39 is 0 Å². The van der Waals surface area contributed by atoms with Crippen LogP contribution in [-0.4, -0.2) is 7.11 Å². The molecule has 0 aromatic heterocycles. The fourth-order valence-corrected chi connectivity index (χ4v) is 3.51. The summed E-state index contributed by atoms with van der Waals surface area (Å²) in [6.07, 6.45) is 6.44. The normalized spacial score (nSPS) is 20.4. The highest BCUT2D eigenvalue weighted by molar-refractivity contribution is 9.10. The van der Waals surface area contributed by atoms with Gasteiger partial charge in [0.25, 0.3) is 0 Å². The molecule has 1 saturated carbocycles. The molecule has 0 amide bonds. The number of ether oxygens (including phenoxy) is 1. The van der Waals surface area contributed by atoms with Crippen LogP contribution in [0.2, 0.25) is 0 Å². The van der Waals surface area contributed by atoms with Crippen LogP contribution in [0.1, 0.15) is 50.6 Å². The van der Waals surface area contributed by atoms with Crippen molar-refractivity contribution in [3.05, 3.63) is 28.2 Å². The molecule has 1 aromatic rings. The summed E-state index contributed by atoms with van der Waals surface area (Å²) < 4.78 is 6.25. The van der Waals surface area contributed by atoms with E-state index in [1.165, 1.54) is 37.7 Å². The van der Waals surface area contributed by atoms with Gasteiger partial charge in [-0.15, -0.1) is 0 Å². The third-order valence-corrected chi connectivity index (χ3v) is 4.90. The van der Waals surface area contributed by atoms with Crippen molar-refractivity contribution in [2.24, 2.45) is 11.1 Å². The summed E-state index contributed by atoms with van der Waals surface area (Å²) in [5.74, 6) is 0.861. The second-order valence-corrected chi connectivity index (χ2v) is 6.44. The van der Waals surface area contributed by atoms with Crippen LogP contribution in [0.3, 0.4) is 0 Å². The van der Waals surface area contributed by atoms with Gasteiger partial charge in [-0.05, 0) is 51.9 Å². The molecule has 2 rings (SSSR count). The smallest absolute Gasteiger partial charge is 0.133 e. The lowest BCUT2D eigenvalue weighted by molar-refractivity contribution is 0.170. The maximum atomic E-state index is 6.50. The van der Waals surface area contributed by atoms with E-state index in [-0.39, 0.29) is 11.5 Å². The zero-order valence-electron chi connectivity index (χ0n) is 11.2. The first-order valence-electron chi connectivity index (χ1n) is 6.66.